The molecule has 1 aromatic carbocycles. The second-order valence-corrected chi connectivity index (χ2v) is 4.80. The molecule has 2 rings (SSSR count). The molecule has 0 aliphatic carbocycles. The summed E-state index contributed by atoms with van der Waals surface area (Å²) in [6.45, 7) is 4.86. The molecule has 92 valence electrons. The smallest absolute Gasteiger partial charge is 0.169 e. The summed E-state index contributed by atoms with van der Waals surface area (Å²) < 4.78 is 5.68. The van der Waals surface area contributed by atoms with Crippen LogP contribution in [0.5, 0.6) is 5.75 Å². The first-order valence-electron chi connectivity index (χ1n) is 6.53. The first-order valence-corrected chi connectivity index (χ1v) is 6.53. The van der Waals surface area contributed by atoms with E-state index >= 15 is 0 Å². The molecule has 0 fully saturated rings. The number of Topliss-reactive ketones (excluding diaryl/α,β-unsaturated/α-hetero) is 1. The molecular weight excluding hydrogens is 212 g/mol. The summed E-state index contributed by atoms with van der Waals surface area (Å²) >= 11 is 0. The number of hydrogen-bond acceptors (Lipinski definition) is 2. The van der Waals surface area contributed by atoms with Crippen LogP contribution in [0.25, 0.3) is 0 Å². The van der Waals surface area contributed by atoms with Crippen molar-refractivity contribution in [3.05, 3.63) is 29.3 Å². The van der Waals surface area contributed by atoms with Crippen LogP contribution in [0.1, 0.15) is 49.0 Å². The van der Waals surface area contributed by atoms with Crippen LogP contribution in [-0.4, -0.2) is 12.4 Å². The van der Waals surface area contributed by atoms with E-state index in [4.69, 9.17) is 4.74 Å². The van der Waals surface area contributed by atoms with Gasteiger partial charge >= 0.3 is 0 Å². The molecule has 1 heterocycles. The molecule has 1 aliphatic heterocycles. The van der Waals surface area contributed by atoms with Crippen molar-refractivity contribution in [2.75, 3.05) is 6.61 Å². The van der Waals surface area contributed by atoms with E-state index in [0.29, 0.717) is 0 Å². The predicted octanol–water partition coefficient (Wildman–Crippen LogP) is 3.63. The van der Waals surface area contributed by atoms with E-state index < -0.39 is 0 Å². The summed E-state index contributed by atoms with van der Waals surface area (Å²) in [6, 6.07) is 5.94. The van der Waals surface area contributed by atoms with E-state index in [1.807, 2.05) is 19.1 Å². The normalized spacial score (nSPS) is 15.9. The standard InChI is InChI=1S/C15H20O2/c1-3-6-11(2)14(16)13-9-4-7-12-8-5-10-17-15(12)13/h4,7,9,11H,3,5-6,8,10H2,1-2H3. The molecule has 0 bridgehead atoms. The molecule has 1 unspecified atom stereocenters. The van der Waals surface area contributed by atoms with Gasteiger partial charge in [0, 0.05) is 5.92 Å². The lowest BCUT2D eigenvalue weighted by molar-refractivity contribution is 0.0918. The van der Waals surface area contributed by atoms with Gasteiger partial charge in [0.25, 0.3) is 0 Å². The maximum Gasteiger partial charge on any atom is 0.169 e. The molecule has 0 aromatic heterocycles. The summed E-state index contributed by atoms with van der Waals surface area (Å²) in [7, 11) is 0. The number of carbonyl (C=O) groups is 1. The summed E-state index contributed by atoms with van der Waals surface area (Å²) in [5.41, 5.74) is 1.97. The number of hydrogen-bond donors (Lipinski definition) is 0. The third-order valence-corrected chi connectivity index (χ3v) is 3.37. The van der Waals surface area contributed by atoms with Crippen molar-refractivity contribution in [3.8, 4) is 5.75 Å². The Balaban J connectivity index is 2.29. The fraction of sp³-hybridized carbons (Fsp3) is 0.533. The number of ether oxygens (including phenoxy) is 1. The molecule has 2 nitrogen and oxygen atoms in total. The van der Waals surface area contributed by atoms with Crippen LogP contribution in [0.15, 0.2) is 18.2 Å². The van der Waals surface area contributed by atoms with Gasteiger partial charge in [0.1, 0.15) is 5.75 Å². The Morgan fingerprint density at radius 2 is 2.29 bits per heavy atom. The summed E-state index contributed by atoms with van der Waals surface area (Å²) in [5, 5.41) is 0. The van der Waals surface area contributed by atoms with Gasteiger partial charge in [-0.15, -0.1) is 0 Å². The minimum atomic E-state index is 0.0945. The molecule has 1 atom stereocenters. The highest BCUT2D eigenvalue weighted by Gasteiger charge is 2.22. The van der Waals surface area contributed by atoms with Gasteiger partial charge < -0.3 is 4.74 Å². The van der Waals surface area contributed by atoms with Crippen LogP contribution >= 0.6 is 0 Å². The Hall–Kier alpha value is -1.31. The molecule has 0 saturated heterocycles. The zero-order valence-electron chi connectivity index (χ0n) is 10.7. The average molecular weight is 232 g/mol. The van der Waals surface area contributed by atoms with Crippen molar-refractivity contribution in [3.63, 3.8) is 0 Å². The van der Waals surface area contributed by atoms with Crippen molar-refractivity contribution in [1.29, 1.82) is 0 Å². The summed E-state index contributed by atoms with van der Waals surface area (Å²) in [6.07, 6.45) is 4.07. The van der Waals surface area contributed by atoms with Gasteiger partial charge in [-0.3, -0.25) is 4.79 Å². The number of benzene rings is 1. The van der Waals surface area contributed by atoms with Gasteiger partial charge in [0.05, 0.1) is 12.2 Å². The Morgan fingerprint density at radius 1 is 1.47 bits per heavy atom. The number of aryl methyl sites for hydroxylation is 1. The van der Waals surface area contributed by atoms with E-state index in [1.54, 1.807) is 0 Å². The van der Waals surface area contributed by atoms with Gasteiger partial charge in [-0.05, 0) is 30.9 Å². The molecular formula is C15H20O2. The molecule has 1 aromatic rings. The maximum atomic E-state index is 12.3. The van der Waals surface area contributed by atoms with Crippen LogP contribution in [-0.2, 0) is 6.42 Å². The topological polar surface area (TPSA) is 26.3 Å². The van der Waals surface area contributed by atoms with Gasteiger partial charge in [-0.2, -0.15) is 0 Å². The third kappa shape index (κ3) is 2.51. The van der Waals surface area contributed by atoms with Crippen LogP contribution in [0, 0.1) is 5.92 Å². The Bertz CT molecular complexity index is 409. The Morgan fingerprint density at radius 3 is 3.06 bits per heavy atom. The maximum absolute atomic E-state index is 12.3. The average Bonchev–Trinajstić information content (AvgIpc) is 2.37. The van der Waals surface area contributed by atoms with E-state index in [-0.39, 0.29) is 11.7 Å². The number of para-hydroxylation sites is 1. The van der Waals surface area contributed by atoms with Crippen LogP contribution < -0.4 is 4.74 Å². The van der Waals surface area contributed by atoms with E-state index in [0.717, 1.165) is 43.6 Å². The lowest BCUT2D eigenvalue weighted by atomic mass is 9.92. The molecule has 1 aliphatic rings. The first-order chi connectivity index (χ1) is 8.24. The van der Waals surface area contributed by atoms with Crippen LogP contribution in [0.3, 0.4) is 0 Å². The van der Waals surface area contributed by atoms with Gasteiger partial charge in [-0.1, -0.05) is 32.4 Å². The van der Waals surface area contributed by atoms with Crippen molar-refractivity contribution >= 4 is 5.78 Å². The molecule has 17 heavy (non-hydrogen) atoms. The third-order valence-electron chi connectivity index (χ3n) is 3.37. The van der Waals surface area contributed by atoms with Crippen molar-refractivity contribution < 1.29 is 9.53 Å². The molecule has 0 N–H and O–H groups in total. The zero-order chi connectivity index (χ0) is 12.3. The minimum Gasteiger partial charge on any atom is -0.493 e. The van der Waals surface area contributed by atoms with Crippen molar-refractivity contribution in [2.45, 2.75) is 39.5 Å². The first kappa shape index (κ1) is 12.2. The highest BCUT2D eigenvalue weighted by Crippen LogP contribution is 2.31. The molecule has 0 saturated carbocycles. The fourth-order valence-corrected chi connectivity index (χ4v) is 2.41. The van der Waals surface area contributed by atoms with E-state index in [9.17, 15) is 4.79 Å². The Kier molecular flexibility index (Phi) is 3.82. The number of fused-ring (bicyclic) bond motifs is 1. The summed E-state index contributed by atoms with van der Waals surface area (Å²) in [4.78, 5) is 12.3. The zero-order valence-corrected chi connectivity index (χ0v) is 10.7. The van der Waals surface area contributed by atoms with Gasteiger partial charge in [0.2, 0.25) is 0 Å². The highest BCUT2D eigenvalue weighted by atomic mass is 16.5. The van der Waals surface area contributed by atoms with Crippen LogP contribution in [0.4, 0.5) is 0 Å². The second-order valence-electron chi connectivity index (χ2n) is 4.80. The molecule has 0 radical (unpaired) electrons. The molecule has 2 heteroatoms. The highest BCUT2D eigenvalue weighted by molar-refractivity contribution is 6.00. The van der Waals surface area contributed by atoms with E-state index in [1.165, 1.54) is 5.56 Å². The Labute approximate surface area is 103 Å². The number of ketones is 1. The lowest BCUT2D eigenvalue weighted by Crippen LogP contribution is -2.16. The van der Waals surface area contributed by atoms with Crippen molar-refractivity contribution in [2.24, 2.45) is 5.92 Å². The van der Waals surface area contributed by atoms with Gasteiger partial charge in [-0.25, -0.2) is 0 Å². The number of rotatable bonds is 4. The summed E-state index contributed by atoms with van der Waals surface area (Å²) in [5.74, 6) is 1.16. The van der Waals surface area contributed by atoms with E-state index in [2.05, 4.69) is 13.0 Å². The van der Waals surface area contributed by atoms with Gasteiger partial charge in [0.15, 0.2) is 5.78 Å². The molecule has 0 amide bonds. The van der Waals surface area contributed by atoms with Crippen LogP contribution in [0.2, 0.25) is 0 Å². The predicted molar refractivity (Wildman–Crippen MR) is 68.7 cm³/mol. The largest absolute Gasteiger partial charge is 0.493 e. The van der Waals surface area contributed by atoms with Crippen molar-refractivity contribution in [1.82, 2.24) is 0 Å². The fourth-order valence-electron chi connectivity index (χ4n) is 2.41. The number of carbonyl (C=O) groups excluding carboxylic acids is 1. The SMILES string of the molecule is CCCC(C)C(=O)c1cccc2c1OCCC2. The molecule has 0 spiro atoms. The minimum absolute atomic E-state index is 0.0945. The monoisotopic (exact) mass is 232 g/mol. The lowest BCUT2D eigenvalue weighted by Gasteiger charge is -2.21. The quantitative estimate of drug-likeness (QED) is 0.741. The second kappa shape index (κ2) is 5.35.